The molecule has 2 aliphatic rings. The fraction of sp³-hybridized carbons (Fsp3) is 0.600. The Morgan fingerprint density at radius 2 is 1.74 bits per heavy atom. The van der Waals surface area contributed by atoms with Crippen LogP contribution in [0.2, 0.25) is 0 Å². The first-order chi connectivity index (χ1) is 12.9. The second-order valence-corrected chi connectivity index (χ2v) is 9.82. The highest BCUT2D eigenvalue weighted by Gasteiger charge is 2.33. The highest BCUT2D eigenvalue weighted by atomic mass is 32.2. The molecule has 3 rings (SSSR count). The first-order valence-corrected chi connectivity index (χ1v) is 11.4. The van der Waals surface area contributed by atoms with Gasteiger partial charge in [-0.3, -0.25) is 4.79 Å². The van der Waals surface area contributed by atoms with Crippen LogP contribution in [-0.2, 0) is 19.4 Å². The zero-order valence-corrected chi connectivity index (χ0v) is 16.5. The number of carbonyl (C=O) groups excluding carboxylic acids is 2. The van der Waals surface area contributed by atoms with Crippen molar-refractivity contribution < 1.29 is 22.7 Å². The van der Waals surface area contributed by atoms with E-state index in [0.717, 1.165) is 0 Å². The minimum absolute atomic E-state index is 0.0220. The molecule has 1 amide bonds. The zero-order chi connectivity index (χ0) is 19.4. The quantitative estimate of drug-likeness (QED) is 0.718. The number of esters is 1. The van der Waals surface area contributed by atoms with Crippen LogP contribution < -0.4 is 0 Å². The second-order valence-electron chi connectivity index (χ2n) is 7.59. The molecule has 1 aliphatic carbocycles. The molecule has 1 atom stereocenters. The third kappa shape index (κ3) is 5.09. The Balaban J connectivity index is 1.50. The van der Waals surface area contributed by atoms with Crippen LogP contribution in [0.3, 0.4) is 0 Å². The van der Waals surface area contributed by atoms with Gasteiger partial charge in [-0.2, -0.15) is 0 Å². The minimum Gasteiger partial charge on any atom is -0.452 e. The van der Waals surface area contributed by atoms with E-state index in [2.05, 4.69) is 0 Å². The summed E-state index contributed by atoms with van der Waals surface area (Å²) in [4.78, 5) is 25.8. The molecule has 7 heteroatoms. The number of benzene rings is 1. The zero-order valence-electron chi connectivity index (χ0n) is 15.7. The smallest absolute Gasteiger partial charge is 0.338 e. The Labute approximate surface area is 160 Å². The van der Waals surface area contributed by atoms with Crippen molar-refractivity contribution in [3.8, 4) is 0 Å². The monoisotopic (exact) mass is 393 g/mol. The van der Waals surface area contributed by atoms with E-state index in [1.165, 1.54) is 42.6 Å². The third-order valence-electron chi connectivity index (χ3n) is 5.70. The molecule has 1 aromatic carbocycles. The van der Waals surface area contributed by atoms with Crippen molar-refractivity contribution in [1.29, 1.82) is 0 Å². The lowest BCUT2D eigenvalue weighted by molar-refractivity contribution is -0.134. The third-order valence-corrected chi connectivity index (χ3v) is 7.45. The van der Waals surface area contributed by atoms with Gasteiger partial charge in [0.2, 0.25) is 0 Å². The number of sulfone groups is 1. The normalized spacial score (nSPS) is 22.3. The van der Waals surface area contributed by atoms with E-state index in [1.54, 1.807) is 19.2 Å². The Kier molecular flexibility index (Phi) is 6.19. The molecule has 0 radical (unpaired) electrons. The van der Waals surface area contributed by atoms with Crippen LogP contribution in [0.1, 0.15) is 60.4 Å². The summed E-state index contributed by atoms with van der Waals surface area (Å²) in [5, 5.41) is 0. The lowest BCUT2D eigenvalue weighted by Gasteiger charge is -2.23. The van der Waals surface area contributed by atoms with Crippen molar-refractivity contribution >= 4 is 21.7 Å². The number of amides is 1. The number of ether oxygens (including phenoxy) is 1. The molecule has 0 aromatic heterocycles. The summed E-state index contributed by atoms with van der Waals surface area (Å²) >= 11 is 0. The molecule has 1 saturated carbocycles. The lowest BCUT2D eigenvalue weighted by atomic mass is 9.84. The maximum absolute atomic E-state index is 12.2. The maximum Gasteiger partial charge on any atom is 0.338 e. The van der Waals surface area contributed by atoms with Crippen LogP contribution in [0, 0.1) is 0 Å². The van der Waals surface area contributed by atoms with Crippen molar-refractivity contribution in [2.75, 3.05) is 25.2 Å². The van der Waals surface area contributed by atoms with Gasteiger partial charge in [-0.15, -0.1) is 0 Å². The van der Waals surface area contributed by atoms with Gasteiger partial charge < -0.3 is 9.64 Å². The topological polar surface area (TPSA) is 80.8 Å². The van der Waals surface area contributed by atoms with Gasteiger partial charge in [0.05, 0.1) is 17.1 Å². The predicted octanol–water partition coefficient (Wildman–Crippen LogP) is 2.54. The van der Waals surface area contributed by atoms with Crippen LogP contribution >= 0.6 is 0 Å². The molecule has 27 heavy (non-hydrogen) atoms. The average molecular weight is 394 g/mol. The fourth-order valence-corrected chi connectivity index (χ4v) is 5.70. The van der Waals surface area contributed by atoms with Crippen LogP contribution in [-0.4, -0.2) is 56.4 Å². The number of hydrogen-bond donors (Lipinski definition) is 0. The summed E-state index contributed by atoms with van der Waals surface area (Å²) in [5.74, 6) is -0.272. The molecule has 0 spiro atoms. The largest absolute Gasteiger partial charge is 0.452 e. The fourth-order valence-electron chi connectivity index (χ4n) is 3.92. The van der Waals surface area contributed by atoms with Crippen LogP contribution in [0.4, 0.5) is 0 Å². The molecule has 1 aromatic rings. The van der Waals surface area contributed by atoms with E-state index in [1.807, 2.05) is 12.1 Å². The van der Waals surface area contributed by atoms with Crippen molar-refractivity contribution in [1.82, 2.24) is 4.90 Å². The molecule has 6 nitrogen and oxygen atoms in total. The molecule has 0 N–H and O–H groups in total. The SMILES string of the molecule is CN(C(=O)COC(=O)c1ccc(C2CCCCC2)cc1)[C@H]1CCS(=O)(=O)C1. The van der Waals surface area contributed by atoms with Gasteiger partial charge in [-0.25, -0.2) is 13.2 Å². The van der Waals surface area contributed by atoms with E-state index in [9.17, 15) is 18.0 Å². The van der Waals surface area contributed by atoms with Gasteiger partial charge in [0.25, 0.3) is 5.91 Å². The van der Waals surface area contributed by atoms with Gasteiger partial charge >= 0.3 is 5.97 Å². The molecule has 148 valence electrons. The Hall–Kier alpha value is -1.89. The van der Waals surface area contributed by atoms with Crippen molar-refractivity contribution in [3.63, 3.8) is 0 Å². The van der Waals surface area contributed by atoms with E-state index in [-0.39, 0.29) is 30.1 Å². The number of nitrogens with zero attached hydrogens (tertiary/aromatic N) is 1. The molecule has 2 fully saturated rings. The van der Waals surface area contributed by atoms with E-state index >= 15 is 0 Å². The highest BCUT2D eigenvalue weighted by molar-refractivity contribution is 7.91. The summed E-state index contributed by atoms with van der Waals surface area (Å²) in [7, 11) is -1.51. The summed E-state index contributed by atoms with van der Waals surface area (Å²) in [6.45, 7) is -0.379. The first-order valence-electron chi connectivity index (χ1n) is 9.59. The lowest BCUT2D eigenvalue weighted by Crippen LogP contribution is -2.40. The molecule has 1 heterocycles. The summed E-state index contributed by atoms with van der Waals surface area (Å²) < 4.78 is 28.2. The number of likely N-dealkylation sites (N-methyl/N-ethyl adjacent to an activating group) is 1. The maximum atomic E-state index is 12.2. The highest BCUT2D eigenvalue weighted by Crippen LogP contribution is 2.32. The summed E-state index contributed by atoms with van der Waals surface area (Å²) in [6.07, 6.45) is 6.64. The van der Waals surface area contributed by atoms with Crippen molar-refractivity contribution in [2.24, 2.45) is 0 Å². The van der Waals surface area contributed by atoms with E-state index < -0.39 is 15.8 Å². The predicted molar refractivity (Wildman–Crippen MR) is 102 cm³/mol. The Morgan fingerprint density at radius 3 is 2.33 bits per heavy atom. The van der Waals surface area contributed by atoms with Crippen LogP contribution in [0.25, 0.3) is 0 Å². The number of hydrogen-bond acceptors (Lipinski definition) is 5. The molecular weight excluding hydrogens is 366 g/mol. The summed E-state index contributed by atoms with van der Waals surface area (Å²) in [5.41, 5.74) is 1.68. The minimum atomic E-state index is -3.06. The summed E-state index contributed by atoms with van der Waals surface area (Å²) in [6, 6.07) is 7.12. The Bertz CT molecular complexity index is 781. The van der Waals surface area contributed by atoms with Gasteiger partial charge in [-0.1, -0.05) is 31.4 Å². The number of rotatable bonds is 5. The van der Waals surface area contributed by atoms with Gasteiger partial charge in [0, 0.05) is 13.1 Å². The molecular formula is C20H27NO5S. The first kappa shape index (κ1) is 19.9. The second kappa shape index (κ2) is 8.42. The molecule has 0 unspecified atom stereocenters. The average Bonchev–Trinajstić information content (AvgIpc) is 3.05. The van der Waals surface area contributed by atoms with Crippen LogP contribution in [0.5, 0.6) is 0 Å². The van der Waals surface area contributed by atoms with E-state index in [0.29, 0.717) is 17.9 Å². The van der Waals surface area contributed by atoms with Crippen molar-refractivity contribution in [2.45, 2.75) is 50.5 Å². The van der Waals surface area contributed by atoms with E-state index in [4.69, 9.17) is 4.74 Å². The van der Waals surface area contributed by atoms with Gasteiger partial charge in [0.1, 0.15) is 0 Å². The van der Waals surface area contributed by atoms with Gasteiger partial charge in [-0.05, 0) is 42.9 Å². The molecule has 1 aliphatic heterocycles. The Morgan fingerprint density at radius 1 is 1.07 bits per heavy atom. The number of carbonyl (C=O) groups is 2. The van der Waals surface area contributed by atoms with Crippen molar-refractivity contribution in [3.05, 3.63) is 35.4 Å². The molecule has 1 saturated heterocycles. The van der Waals surface area contributed by atoms with Gasteiger partial charge in [0.15, 0.2) is 16.4 Å². The standard InChI is InChI=1S/C20H27NO5S/c1-21(18-11-12-27(24,25)14-18)19(22)13-26-20(23)17-9-7-16(8-10-17)15-5-3-2-4-6-15/h7-10,15,18H,2-6,11-14H2,1H3/t18-/m0/s1. The molecule has 0 bridgehead atoms. The van der Waals surface area contributed by atoms with Crippen LogP contribution in [0.15, 0.2) is 24.3 Å².